The first-order chi connectivity index (χ1) is 9.13. The molecule has 1 spiro atoms. The molecule has 4 bridgehead atoms. The SMILES string of the molecule is O=S(=O)(O)CC(F)(F)CCC12CC3CC1C1CC1(C3)C2. The van der Waals surface area contributed by atoms with Crippen molar-refractivity contribution in [1.29, 1.82) is 0 Å². The van der Waals surface area contributed by atoms with Gasteiger partial charge < -0.3 is 0 Å². The smallest absolute Gasteiger partial charge is 0.270 e. The Hall–Kier alpha value is -0.230. The van der Waals surface area contributed by atoms with Gasteiger partial charge in [0.2, 0.25) is 0 Å². The third-order valence-electron chi connectivity index (χ3n) is 6.59. The summed E-state index contributed by atoms with van der Waals surface area (Å²) in [5.41, 5.74) is 0.554. The zero-order valence-electron chi connectivity index (χ0n) is 11.3. The molecule has 0 saturated heterocycles. The first-order valence-electron chi connectivity index (χ1n) is 7.46. The molecule has 5 unspecified atom stereocenters. The predicted molar refractivity (Wildman–Crippen MR) is 69.0 cm³/mol. The number of halogens is 2. The van der Waals surface area contributed by atoms with E-state index < -0.39 is 28.2 Å². The molecule has 0 radical (unpaired) electrons. The molecule has 114 valence electrons. The van der Waals surface area contributed by atoms with Crippen LogP contribution in [0.5, 0.6) is 0 Å². The second-order valence-electron chi connectivity index (χ2n) is 7.91. The summed E-state index contributed by atoms with van der Waals surface area (Å²) in [7, 11) is -4.61. The molecule has 0 aromatic rings. The van der Waals surface area contributed by atoms with Crippen molar-refractivity contribution in [3.63, 3.8) is 0 Å². The zero-order valence-corrected chi connectivity index (χ0v) is 12.1. The van der Waals surface area contributed by atoms with Crippen molar-refractivity contribution in [3.8, 4) is 0 Å². The van der Waals surface area contributed by atoms with Gasteiger partial charge in [-0.3, -0.25) is 4.55 Å². The third kappa shape index (κ3) is 1.86. The second kappa shape index (κ2) is 3.57. The molecular weight excluding hydrogens is 286 g/mol. The zero-order chi connectivity index (χ0) is 14.4. The van der Waals surface area contributed by atoms with Crippen LogP contribution in [0.2, 0.25) is 0 Å². The van der Waals surface area contributed by atoms with Crippen LogP contribution in [0.25, 0.3) is 0 Å². The van der Waals surface area contributed by atoms with E-state index in [-0.39, 0.29) is 5.41 Å². The van der Waals surface area contributed by atoms with Gasteiger partial charge in [-0.15, -0.1) is 0 Å². The molecule has 5 atom stereocenters. The molecule has 20 heavy (non-hydrogen) atoms. The Bertz CT molecular complexity index is 561. The van der Waals surface area contributed by atoms with E-state index in [2.05, 4.69) is 0 Å². The van der Waals surface area contributed by atoms with Crippen molar-refractivity contribution >= 4 is 10.1 Å². The van der Waals surface area contributed by atoms with Gasteiger partial charge in [-0.1, -0.05) is 0 Å². The lowest BCUT2D eigenvalue weighted by Crippen LogP contribution is -2.33. The van der Waals surface area contributed by atoms with E-state index in [1.807, 2.05) is 0 Å². The highest BCUT2D eigenvalue weighted by Crippen LogP contribution is 2.84. The van der Waals surface area contributed by atoms with E-state index in [9.17, 15) is 17.2 Å². The Morgan fingerprint density at radius 2 is 1.95 bits per heavy atom. The topological polar surface area (TPSA) is 54.4 Å². The molecule has 5 rings (SSSR count). The van der Waals surface area contributed by atoms with Gasteiger partial charge in [0.15, 0.2) is 0 Å². The minimum absolute atomic E-state index is 0.0640. The third-order valence-corrected chi connectivity index (χ3v) is 7.38. The Labute approximate surface area is 117 Å². The maximum absolute atomic E-state index is 13.7. The Morgan fingerprint density at radius 1 is 1.20 bits per heavy atom. The Kier molecular flexibility index (Phi) is 2.40. The lowest BCUT2D eigenvalue weighted by molar-refractivity contribution is -0.00692. The van der Waals surface area contributed by atoms with Crippen molar-refractivity contribution in [3.05, 3.63) is 0 Å². The summed E-state index contributed by atoms with van der Waals surface area (Å²) in [6, 6.07) is 0. The Balaban J connectivity index is 1.46. The van der Waals surface area contributed by atoms with Gasteiger partial charge >= 0.3 is 0 Å². The van der Waals surface area contributed by atoms with Crippen LogP contribution in [0.3, 0.4) is 0 Å². The highest BCUT2D eigenvalue weighted by atomic mass is 32.2. The summed E-state index contributed by atoms with van der Waals surface area (Å²) in [5.74, 6) is -2.62. The summed E-state index contributed by atoms with van der Waals surface area (Å²) < 4.78 is 57.3. The van der Waals surface area contributed by atoms with E-state index >= 15 is 0 Å². The van der Waals surface area contributed by atoms with E-state index in [0.29, 0.717) is 17.8 Å². The molecule has 0 amide bonds. The van der Waals surface area contributed by atoms with Crippen LogP contribution in [0, 0.1) is 28.6 Å². The second-order valence-corrected chi connectivity index (χ2v) is 9.36. The van der Waals surface area contributed by atoms with Crippen molar-refractivity contribution in [2.75, 3.05) is 5.75 Å². The van der Waals surface area contributed by atoms with Crippen LogP contribution in [0.15, 0.2) is 0 Å². The fraction of sp³-hybridized carbons (Fsp3) is 1.00. The summed E-state index contributed by atoms with van der Waals surface area (Å²) in [5, 5.41) is 0. The van der Waals surface area contributed by atoms with E-state index in [1.165, 1.54) is 19.3 Å². The molecule has 0 heterocycles. The molecule has 3 nitrogen and oxygen atoms in total. The summed E-state index contributed by atoms with van der Waals surface area (Å²) in [6.45, 7) is 0. The molecule has 6 heteroatoms. The average Bonchev–Trinajstić information content (AvgIpc) is 2.81. The summed E-state index contributed by atoms with van der Waals surface area (Å²) >= 11 is 0. The fourth-order valence-electron chi connectivity index (χ4n) is 6.25. The van der Waals surface area contributed by atoms with Crippen LogP contribution in [0.4, 0.5) is 8.78 Å². The maximum atomic E-state index is 13.7. The van der Waals surface area contributed by atoms with Gasteiger partial charge in [-0.25, -0.2) is 8.78 Å². The van der Waals surface area contributed by atoms with Crippen molar-refractivity contribution in [2.45, 2.75) is 50.9 Å². The maximum Gasteiger partial charge on any atom is 0.270 e. The molecule has 0 aliphatic heterocycles. The van der Waals surface area contributed by atoms with Crippen LogP contribution in [-0.4, -0.2) is 24.6 Å². The lowest BCUT2D eigenvalue weighted by Gasteiger charge is -2.37. The van der Waals surface area contributed by atoms with E-state index in [4.69, 9.17) is 4.55 Å². The lowest BCUT2D eigenvalue weighted by atomic mass is 9.68. The highest BCUT2D eigenvalue weighted by Gasteiger charge is 2.76. The number of rotatable bonds is 5. The summed E-state index contributed by atoms with van der Waals surface area (Å²) in [6.07, 6.45) is 5.99. The minimum Gasteiger partial charge on any atom is -0.285 e. The van der Waals surface area contributed by atoms with Crippen LogP contribution >= 0.6 is 0 Å². The predicted octanol–water partition coefficient (Wildman–Crippen LogP) is 3.12. The van der Waals surface area contributed by atoms with Gasteiger partial charge in [-0.2, -0.15) is 8.42 Å². The molecule has 1 N–H and O–H groups in total. The van der Waals surface area contributed by atoms with Gasteiger partial charge in [0.05, 0.1) is 0 Å². The highest BCUT2D eigenvalue weighted by molar-refractivity contribution is 7.85. The fourth-order valence-corrected chi connectivity index (χ4v) is 6.93. The molecule has 5 saturated carbocycles. The van der Waals surface area contributed by atoms with E-state index in [1.54, 1.807) is 0 Å². The van der Waals surface area contributed by atoms with Gasteiger partial charge in [0.1, 0.15) is 5.75 Å². The van der Waals surface area contributed by atoms with Gasteiger partial charge in [0, 0.05) is 6.42 Å². The summed E-state index contributed by atoms with van der Waals surface area (Å²) in [4.78, 5) is 0. The number of hydrogen-bond donors (Lipinski definition) is 1. The normalized spacial score (nSPS) is 48.6. The first-order valence-corrected chi connectivity index (χ1v) is 9.07. The molecule has 0 aromatic carbocycles. The van der Waals surface area contributed by atoms with Gasteiger partial charge in [0.25, 0.3) is 16.0 Å². The molecule has 0 aromatic heterocycles. The molecule has 5 aliphatic rings. The van der Waals surface area contributed by atoms with Crippen molar-refractivity contribution in [2.24, 2.45) is 28.6 Å². The van der Waals surface area contributed by atoms with Crippen molar-refractivity contribution in [1.82, 2.24) is 0 Å². The number of hydrogen-bond acceptors (Lipinski definition) is 2. The van der Waals surface area contributed by atoms with E-state index in [0.717, 1.165) is 24.7 Å². The standard InChI is InChI=1S/C14H20F2O3S/c15-14(16,8-20(17,18)19)2-1-12-4-9-3-10(12)11-6-13(11,5-9)7-12/h9-11H,1-8H2,(H,17,18,19). The molecule has 5 aliphatic carbocycles. The Morgan fingerprint density at radius 3 is 2.65 bits per heavy atom. The van der Waals surface area contributed by atoms with Crippen molar-refractivity contribution < 1.29 is 21.8 Å². The van der Waals surface area contributed by atoms with Crippen LogP contribution in [-0.2, 0) is 10.1 Å². The monoisotopic (exact) mass is 306 g/mol. The average molecular weight is 306 g/mol. The molecular formula is C14H20F2O3S. The first kappa shape index (κ1) is 13.4. The quantitative estimate of drug-likeness (QED) is 0.794. The minimum atomic E-state index is -4.61. The van der Waals surface area contributed by atoms with Crippen LogP contribution < -0.4 is 0 Å². The van der Waals surface area contributed by atoms with Crippen LogP contribution in [0.1, 0.15) is 44.9 Å². The van der Waals surface area contributed by atoms with Gasteiger partial charge in [-0.05, 0) is 67.1 Å². The largest absolute Gasteiger partial charge is 0.285 e. The number of alkyl halides is 2. The molecule has 5 fully saturated rings.